The fraction of sp³-hybridized carbons (Fsp3) is 0.800. The highest BCUT2D eigenvalue weighted by molar-refractivity contribution is 6.18. The first-order valence-electron chi connectivity index (χ1n) is 2.71. The van der Waals surface area contributed by atoms with Crippen LogP contribution in [0, 0.1) is 0 Å². The van der Waals surface area contributed by atoms with Gasteiger partial charge in [0.25, 0.3) is 0 Å². The lowest BCUT2D eigenvalue weighted by Gasteiger charge is -2.00. The number of hydrogen-bond donors (Lipinski definition) is 0. The predicted octanol–water partition coefficient (Wildman–Crippen LogP) is 0.676. The minimum absolute atomic E-state index is 0.107. The van der Waals surface area contributed by atoms with E-state index >= 15 is 0 Å². The Balaban J connectivity index is 2.44. The standard InChI is InChI=1S/C5H8ClNO2/c1-7-3-4(2-6)9-5(7)8/h4H,2-3H2,1H3/t4-/m1/s1. The molecule has 0 aromatic heterocycles. The van der Waals surface area contributed by atoms with Crippen molar-refractivity contribution >= 4 is 17.7 Å². The number of amides is 1. The molecular formula is C5H8ClNO2. The minimum Gasteiger partial charge on any atom is -0.443 e. The van der Waals surface area contributed by atoms with Crippen molar-refractivity contribution in [3.05, 3.63) is 0 Å². The van der Waals surface area contributed by atoms with Crippen LogP contribution in [0.2, 0.25) is 0 Å². The molecule has 1 heterocycles. The molecule has 0 unspecified atom stereocenters. The molecule has 0 spiro atoms. The summed E-state index contributed by atoms with van der Waals surface area (Å²) in [6.45, 7) is 0.613. The molecule has 1 rings (SSSR count). The molecule has 0 radical (unpaired) electrons. The summed E-state index contributed by atoms with van der Waals surface area (Å²) >= 11 is 5.43. The zero-order valence-corrected chi connectivity index (χ0v) is 5.89. The third-order valence-electron chi connectivity index (χ3n) is 1.23. The lowest BCUT2D eigenvalue weighted by molar-refractivity contribution is 0.142. The molecule has 0 aliphatic carbocycles. The maximum absolute atomic E-state index is 10.6. The molecule has 0 bridgehead atoms. The number of halogens is 1. The fourth-order valence-corrected chi connectivity index (χ4v) is 0.891. The Morgan fingerprint density at radius 2 is 2.67 bits per heavy atom. The molecule has 1 saturated heterocycles. The van der Waals surface area contributed by atoms with Crippen molar-refractivity contribution in [2.45, 2.75) is 6.10 Å². The highest BCUT2D eigenvalue weighted by Gasteiger charge is 2.26. The Morgan fingerprint density at radius 3 is 2.89 bits per heavy atom. The van der Waals surface area contributed by atoms with Crippen molar-refractivity contribution in [2.24, 2.45) is 0 Å². The van der Waals surface area contributed by atoms with Crippen molar-refractivity contribution in [3.63, 3.8) is 0 Å². The van der Waals surface area contributed by atoms with Crippen LogP contribution in [0.3, 0.4) is 0 Å². The molecule has 1 aliphatic heterocycles. The average Bonchev–Trinajstić information content (AvgIpc) is 2.13. The summed E-state index contributed by atoms with van der Waals surface area (Å²) < 4.78 is 4.78. The molecule has 52 valence electrons. The minimum atomic E-state index is -0.277. The van der Waals surface area contributed by atoms with Crippen LogP contribution < -0.4 is 0 Å². The van der Waals surface area contributed by atoms with E-state index in [9.17, 15) is 4.79 Å². The van der Waals surface area contributed by atoms with Gasteiger partial charge in [-0.2, -0.15) is 0 Å². The number of hydrogen-bond acceptors (Lipinski definition) is 2. The van der Waals surface area contributed by atoms with Gasteiger partial charge in [-0.15, -0.1) is 11.6 Å². The summed E-state index contributed by atoms with van der Waals surface area (Å²) in [5.41, 5.74) is 0. The lowest BCUT2D eigenvalue weighted by Crippen LogP contribution is -2.19. The Hall–Kier alpha value is -0.440. The van der Waals surface area contributed by atoms with E-state index in [0.717, 1.165) is 0 Å². The number of carbonyl (C=O) groups is 1. The summed E-state index contributed by atoms with van der Waals surface area (Å²) in [4.78, 5) is 12.1. The molecular weight excluding hydrogens is 142 g/mol. The molecule has 3 nitrogen and oxygen atoms in total. The Labute approximate surface area is 58.5 Å². The van der Waals surface area contributed by atoms with Gasteiger partial charge < -0.3 is 9.64 Å². The molecule has 4 heteroatoms. The third-order valence-corrected chi connectivity index (χ3v) is 1.57. The van der Waals surface area contributed by atoms with E-state index in [1.54, 1.807) is 7.05 Å². The van der Waals surface area contributed by atoms with Gasteiger partial charge in [0.2, 0.25) is 0 Å². The van der Waals surface area contributed by atoms with Crippen LogP contribution in [-0.2, 0) is 4.74 Å². The topological polar surface area (TPSA) is 29.5 Å². The first-order valence-corrected chi connectivity index (χ1v) is 3.25. The van der Waals surface area contributed by atoms with Gasteiger partial charge in [-0.25, -0.2) is 4.79 Å². The average molecular weight is 150 g/mol. The maximum Gasteiger partial charge on any atom is 0.410 e. The monoisotopic (exact) mass is 149 g/mol. The van der Waals surface area contributed by atoms with Crippen LogP contribution in [0.1, 0.15) is 0 Å². The van der Waals surface area contributed by atoms with E-state index < -0.39 is 0 Å². The lowest BCUT2D eigenvalue weighted by atomic mass is 10.4. The van der Waals surface area contributed by atoms with Crippen LogP contribution in [0.4, 0.5) is 4.79 Å². The summed E-state index contributed by atoms with van der Waals surface area (Å²) in [6.07, 6.45) is -0.384. The number of alkyl halides is 1. The molecule has 9 heavy (non-hydrogen) atoms. The quantitative estimate of drug-likeness (QED) is 0.513. The predicted molar refractivity (Wildman–Crippen MR) is 33.6 cm³/mol. The van der Waals surface area contributed by atoms with Crippen LogP contribution in [0.25, 0.3) is 0 Å². The first kappa shape index (κ1) is 6.68. The highest BCUT2D eigenvalue weighted by Crippen LogP contribution is 2.08. The Morgan fingerprint density at radius 1 is 2.00 bits per heavy atom. The molecule has 0 N–H and O–H groups in total. The van der Waals surface area contributed by atoms with Crippen LogP contribution in [-0.4, -0.2) is 36.6 Å². The molecule has 0 saturated carbocycles. The van der Waals surface area contributed by atoms with E-state index in [1.165, 1.54) is 4.90 Å². The molecule has 0 aromatic carbocycles. The summed E-state index contributed by atoms with van der Waals surface area (Å²) in [6, 6.07) is 0. The van der Waals surface area contributed by atoms with Gasteiger partial charge in [-0.3, -0.25) is 0 Å². The van der Waals surface area contributed by atoms with Crippen molar-refractivity contribution in [3.8, 4) is 0 Å². The number of carbonyl (C=O) groups excluding carboxylic acids is 1. The van der Waals surface area contributed by atoms with Gasteiger partial charge in [-0.1, -0.05) is 0 Å². The highest BCUT2D eigenvalue weighted by atomic mass is 35.5. The fourth-order valence-electron chi connectivity index (χ4n) is 0.730. The zero-order valence-electron chi connectivity index (χ0n) is 5.13. The normalized spacial score (nSPS) is 26.7. The molecule has 0 aromatic rings. The molecule has 1 amide bonds. The maximum atomic E-state index is 10.6. The van der Waals surface area contributed by atoms with E-state index in [2.05, 4.69) is 0 Å². The number of cyclic esters (lactones) is 1. The largest absolute Gasteiger partial charge is 0.443 e. The van der Waals surface area contributed by atoms with Crippen LogP contribution in [0.15, 0.2) is 0 Å². The van der Waals surface area contributed by atoms with E-state index in [-0.39, 0.29) is 12.2 Å². The Kier molecular flexibility index (Phi) is 1.81. The van der Waals surface area contributed by atoms with Crippen molar-refractivity contribution in [2.75, 3.05) is 19.5 Å². The van der Waals surface area contributed by atoms with Crippen LogP contribution in [0.5, 0.6) is 0 Å². The second kappa shape index (κ2) is 2.43. The molecule has 1 fully saturated rings. The number of nitrogens with zero attached hydrogens (tertiary/aromatic N) is 1. The van der Waals surface area contributed by atoms with Gasteiger partial charge in [0.05, 0.1) is 12.4 Å². The second-order valence-electron chi connectivity index (χ2n) is 2.04. The summed E-state index contributed by atoms with van der Waals surface area (Å²) in [7, 11) is 1.69. The zero-order chi connectivity index (χ0) is 6.85. The molecule has 1 atom stereocenters. The van der Waals surface area contributed by atoms with E-state index in [1.807, 2.05) is 0 Å². The van der Waals surface area contributed by atoms with E-state index in [4.69, 9.17) is 16.3 Å². The van der Waals surface area contributed by atoms with Gasteiger partial charge in [0.15, 0.2) is 0 Å². The van der Waals surface area contributed by atoms with E-state index in [0.29, 0.717) is 12.4 Å². The number of rotatable bonds is 1. The SMILES string of the molecule is CN1C[C@@H](CCl)OC1=O. The smallest absolute Gasteiger partial charge is 0.410 e. The van der Waals surface area contributed by atoms with Gasteiger partial charge in [-0.05, 0) is 0 Å². The van der Waals surface area contributed by atoms with Gasteiger partial charge >= 0.3 is 6.09 Å². The Bertz CT molecular complexity index is 128. The van der Waals surface area contributed by atoms with Gasteiger partial charge in [0.1, 0.15) is 6.10 Å². The summed E-state index contributed by atoms with van der Waals surface area (Å²) in [5, 5.41) is 0. The second-order valence-corrected chi connectivity index (χ2v) is 2.35. The van der Waals surface area contributed by atoms with Crippen LogP contribution >= 0.6 is 11.6 Å². The third kappa shape index (κ3) is 1.27. The number of likely N-dealkylation sites (N-methyl/N-ethyl adjacent to an activating group) is 1. The van der Waals surface area contributed by atoms with Crippen molar-refractivity contribution < 1.29 is 9.53 Å². The first-order chi connectivity index (χ1) is 4.24. The van der Waals surface area contributed by atoms with Crippen molar-refractivity contribution in [1.29, 1.82) is 0 Å². The summed E-state index contributed by atoms with van der Waals surface area (Å²) in [5.74, 6) is 0.385. The van der Waals surface area contributed by atoms with Gasteiger partial charge in [0, 0.05) is 7.05 Å². The molecule has 1 aliphatic rings. The number of ether oxygens (including phenoxy) is 1. The van der Waals surface area contributed by atoms with Crippen molar-refractivity contribution in [1.82, 2.24) is 4.90 Å².